The van der Waals surface area contributed by atoms with Crippen LogP contribution in [0.3, 0.4) is 0 Å². The minimum atomic E-state index is -3.73. The van der Waals surface area contributed by atoms with E-state index in [4.69, 9.17) is 10.2 Å². The number of carboxylic acid groups (broad SMARTS) is 1. The third-order valence-corrected chi connectivity index (χ3v) is 3.92. The fourth-order valence-corrected chi connectivity index (χ4v) is 2.72. The van der Waals surface area contributed by atoms with Crippen molar-refractivity contribution >= 4 is 16.0 Å². The number of aryl methyl sites for hydroxylation is 1. The maximum Gasteiger partial charge on any atom is 0.352 e. The number of carboxylic acids is 1. The first-order valence-electron chi connectivity index (χ1n) is 5.96. The van der Waals surface area contributed by atoms with Crippen molar-refractivity contribution in [3.05, 3.63) is 18.0 Å². The lowest BCUT2D eigenvalue weighted by Gasteiger charge is -2.03. The van der Waals surface area contributed by atoms with Gasteiger partial charge in [-0.05, 0) is 18.9 Å². The van der Waals surface area contributed by atoms with Crippen LogP contribution in [0, 0.1) is 0 Å². The van der Waals surface area contributed by atoms with Gasteiger partial charge in [0.1, 0.15) is 10.6 Å². The van der Waals surface area contributed by atoms with Gasteiger partial charge in [0, 0.05) is 25.9 Å². The quantitative estimate of drug-likeness (QED) is 0.595. The van der Waals surface area contributed by atoms with Crippen molar-refractivity contribution < 1.29 is 23.4 Å². The zero-order chi connectivity index (χ0) is 14.5. The number of hydrogen-bond acceptors (Lipinski definition) is 4. The van der Waals surface area contributed by atoms with Crippen molar-refractivity contribution in [1.29, 1.82) is 0 Å². The Hall–Kier alpha value is -1.38. The van der Waals surface area contributed by atoms with Gasteiger partial charge in [-0.2, -0.15) is 0 Å². The molecule has 0 saturated heterocycles. The van der Waals surface area contributed by atoms with Crippen molar-refractivity contribution in [3.8, 4) is 0 Å². The van der Waals surface area contributed by atoms with Gasteiger partial charge in [-0.3, -0.25) is 0 Å². The number of nitrogens with zero attached hydrogens (tertiary/aromatic N) is 1. The highest BCUT2D eigenvalue weighted by atomic mass is 32.2. The summed E-state index contributed by atoms with van der Waals surface area (Å²) < 4.78 is 27.5. The van der Waals surface area contributed by atoms with Gasteiger partial charge < -0.3 is 14.8 Å². The van der Waals surface area contributed by atoms with E-state index in [0.717, 1.165) is 6.07 Å². The molecule has 0 aromatic carbocycles. The number of aliphatic hydroxyl groups is 1. The van der Waals surface area contributed by atoms with Gasteiger partial charge in [-0.15, -0.1) is 0 Å². The van der Waals surface area contributed by atoms with Gasteiger partial charge in [0.05, 0.1) is 0 Å². The van der Waals surface area contributed by atoms with E-state index in [1.54, 1.807) is 0 Å². The second kappa shape index (κ2) is 6.69. The third-order valence-electron chi connectivity index (χ3n) is 2.49. The minimum absolute atomic E-state index is 0.0515. The largest absolute Gasteiger partial charge is 0.477 e. The van der Waals surface area contributed by atoms with Gasteiger partial charge in [0.25, 0.3) is 0 Å². The molecule has 1 heterocycles. The maximum atomic E-state index is 11.9. The van der Waals surface area contributed by atoms with Crippen molar-refractivity contribution in [3.63, 3.8) is 0 Å². The topological polar surface area (TPSA) is 109 Å². The monoisotopic (exact) mass is 290 g/mol. The van der Waals surface area contributed by atoms with Crippen LogP contribution in [0.5, 0.6) is 0 Å². The summed E-state index contributed by atoms with van der Waals surface area (Å²) >= 11 is 0. The second-order valence-corrected chi connectivity index (χ2v) is 5.80. The summed E-state index contributed by atoms with van der Waals surface area (Å²) in [5.41, 5.74) is -0.0515. The van der Waals surface area contributed by atoms with E-state index < -0.39 is 16.0 Å². The molecule has 108 valence electrons. The highest BCUT2D eigenvalue weighted by Crippen LogP contribution is 2.15. The smallest absolute Gasteiger partial charge is 0.352 e. The molecule has 7 nitrogen and oxygen atoms in total. The number of nitrogens with one attached hydrogen (secondary N) is 1. The molecule has 0 fully saturated rings. The molecule has 0 aliphatic heterocycles. The number of sulfonamides is 1. The standard InChI is InChI=1S/C11H18N2O5S/c1-2-5-13-8-9(7-10(13)11(15)16)19(17,18)12-4-3-6-14/h7-8,12,14H,2-6H2,1H3,(H,15,16). The Morgan fingerprint density at radius 3 is 2.68 bits per heavy atom. The molecular formula is C11H18N2O5S. The summed E-state index contributed by atoms with van der Waals surface area (Å²) in [6.45, 7) is 2.31. The van der Waals surface area contributed by atoms with Gasteiger partial charge in [-0.1, -0.05) is 6.92 Å². The minimum Gasteiger partial charge on any atom is -0.477 e. The SMILES string of the molecule is CCCn1cc(S(=O)(=O)NCCCO)cc1C(=O)O. The Kier molecular flexibility index (Phi) is 5.52. The number of hydrogen-bond donors (Lipinski definition) is 3. The average Bonchev–Trinajstić information content (AvgIpc) is 2.74. The summed E-state index contributed by atoms with van der Waals surface area (Å²) in [6, 6.07) is 1.14. The lowest BCUT2D eigenvalue weighted by atomic mass is 10.4. The molecule has 3 N–H and O–H groups in total. The molecule has 0 bridgehead atoms. The first kappa shape index (κ1) is 15.7. The number of rotatable bonds is 8. The molecule has 0 radical (unpaired) electrons. The molecule has 1 rings (SSSR count). The molecular weight excluding hydrogens is 272 g/mol. The lowest BCUT2D eigenvalue weighted by molar-refractivity contribution is 0.0685. The molecule has 0 aliphatic rings. The predicted molar refractivity (Wildman–Crippen MR) is 68.6 cm³/mol. The summed E-state index contributed by atoms with van der Waals surface area (Å²) in [5, 5.41) is 17.6. The lowest BCUT2D eigenvalue weighted by Crippen LogP contribution is -2.25. The van der Waals surface area contributed by atoms with Crippen LogP contribution < -0.4 is 4.72 Å². The molecule has 1 aromatic heterocycles. The molecule has 0 saturated carbocycles. The van der Waals surface area contributed by atoms with Gasteiger partial charge >= 0.3 is 5.97 Å². The number of aromatic nitrogens is 1. The van der Waals surface area contributed by atoms with E-state index in [1.807, 2.05) is 6.92 Å². The number of carbonyl (C=O) groups is 1. The summed E-state index contributed by atoms with van der Waals surface area (Å²) in [6.07, 6.45) is 2.32. The fraction of sp³-hybridized carbons (Fsp3) is 0.545. The second-order valence-electron chi connectivity index (χ2n) is 4.03. The molecule has 8 heteroatoms. The van der Waals surface area contributed by atoms with Crippen LogP contribution in [0.2, 0.25) is 0 Å². The van der Waals surface area contributed by atoms with Crippen LogP contribution in [-0.2, 0) is 16.6 Å². The average molecular weight is 290 g/mol. The van der Waals surface area contributed by atoms with E-state index in [1.165, 1.54) is 10.8 Å². The molecule has 0 aliphatic carbocycles. The van der Waals surface area contributed by atoms with Gasteiger partial charge in [0.15, 0.2) is 0 Å². The molecule has 0 atom stereocenters. The van der Waals surface area contributed by atoms with Gasteiger partial charge in [-0.25, -0.2) is 17.9 Å². The van der Waals surface area contributed by atoms with E-state index in [-0.39, 0.29) is 23.7 Å². The number of aromatic carboxylic acids is 1. The molecule has 1 aromatic rings. The van der Waals surface area contributed by atoms with Crippen LogP contribution in [0.15, 0.2) is 17.2 Å². The zero-order valence-corrected chi connectivity index (χ0v) is 11.5. The van der Waals surface area contributed by atoms with E-state index in [0.29, 0.717) is 19.4 Å². The highest BCUT2D eigenvalue weighted by molar-refractivity contribution is 7.89. The van der Waals surface area contributed by atoms with E-state index >= 15 is 0 Å². The van der Waals surface area contributed by atoms with Crippen LogP contribution >= 0.6 is 0 Å². The Labute approximate surface area is 111 Å². The number of aliphatic hydroxyl groups excluding tert-OH is 1. The van der Waals surface area contributed by atoms with Crippen LogP contribution in [0.4, 0.5) is 0 Å². The zero-order valence-electron chi connectivity index (χ0n) is 10.7. The van der Waals surface area contributed by atoms with Crippen LogP contribution in [0.1, 0.15) is 30.3 Å². The maximum absolute atomic E-state index is 11.9. The highest BCUT2D eigenvalue weighted by Gasteiger charge is 2.20. The normalized spacial score (nSPS) is 11.7. The first-order valence-corrected chi connectivity index (χ1v) is 7.44. The van der Waals surface area contributed by atoms with Crippen molar-refractivity contribution in [2.75, 3.05) is 13.2 Å². The van der Waals surface area contributed by atoms with E-state index in [2.05, 4.69) is 4.72 Å². The summed E-state index contributed by atoms with van der Waals surface area (Å²) in [7, 11) is -3.73. The van der Waals surface area contributed by atoms with Crippen LogP contribution in [0.25, 0.3) is 0 Å². The van der Waals surface area contributed by atoms with Crippen LogP contribution in [-0.4, -0.2) is 42.3 Å². The Bertz CT molecular complexity index is 535. The Balaban J connectivity index is 3.00. The summed E-state index contributed by atoms with van der Waals surface area (Å²) in [5.74, 6) is -1.16. The molecule has 0 spiro atoms. The predicted octanol–water partition coefficient (Wildman–Crippen LogP) is 0.257. The third kappa shape index (κ3) is 4.05. The Morgan fingerprint density at radius 1 is 1.47 bits per heavy atom. The van der Waals surface area contributed by atoms with Crippen molar-refractivity contribution in [2.45, 2.75) is 31.2 Å². The molecule has 19 heavy (non-hydrogen) atoms. The first-order chi connectivity index (χ1) is 8.92. The molecule has 0 amide bonds. The van der Waals surface area contributed by atoms with Gasteiger partial charge in [0.2, 0.25) is 10.0 Å². The fourth-order valence-electron chi connectivity index (χ4n) is 1.60. The Morgan fingerprint density at radius 2 is 2.16 bits per heavy atom. The molecule has 0 unspecified atom stereocenters. The van der Waals surface area contributed by atoms with Crippen molar-refractivity contribution in [1.82, 2.24) is 9.29 Å². The summed E-state index contributed by atoms with van der Waals surface area (Å²) in [4.78, 5) is 11.0. The van der Waals surface area contributed by atoms with Crippen molar-refractivity contribution in [2.24, 2.45) is 0 Å². The van der Waals surface area contributed by atoms with E-state index in [9.17, 15) is 13.2 Å².